The average molecular weight is 169 g/mol. The zero-order valence-electron chi connectivity index (χ0n) is 7.76. The van der Waals surface area contributed by atoms with Gasteiger partial charge in [-0.25, -0.2) is 10.0 Å². The highest BCUT2D eigenvalue weighted by molar-refractivity contribution is 4.69. The van der Waals surface area contributed by atoms with E-state index in [2.05, 4.69) is 15.3 Å². The summed E-state index contributed by atoms with van der Waals surface area (Å²) in [4.78, 5) is 0. The van der Waals surface area contributed by atoms with E-state index in [0.717, 1.165) is 13.1 Å². The van der Waals surface area contributed by atoms with Crippen molar-refractivity contribution in [2.45, 2.75) is 19.3 Å². The molecule has 2 saturated heterocycles. The summed E-state index contributed by atoms with van der Waals surface area (Å²) in [5.74, 6) is 0. The molecule has 3 heteroatoms. The van der Waals surface area contributed by atoms with E-state index >= 15 is 0 Å². The maximum atomic E-state index is 3.39. The molecule has 0 aromatic carbocycles. The van der Waals surface area contributed by atoms with E-state index in [1.807, 2.05) is 0 Å². The van der Waals surface area contributed by atoms with E-state index in [1.165, 1.54) is 45.4 Å². The monoisotopic (exact) mass is 169 g/mol. The number of hydrogen-bond acceptors (Lipinski definition) is 3. The van der Waals surface area contributed by atoms with E-state index in [4.69, 9.17) is 0 Å². The van der Waals surface area contributed by atoms with Gasteiger partial charge >= 0.3 is 0 Å². The third kappa shape index (κ3) is 1.97. The van der Waals surface area contributed by atoms with Crippen molar-refractivity contribution in [3.63, 3.8) is 0 Å². The first-order valence-corrected chi connectivity index (χ1v) is 5.17. The summed E-state index contributed by atoms with van der Waals surface area (Å²) < 4.78 is 0. The van der Waals surface area contributed by atoms with Crippen molar-refractivity contribution in [3.05, 3.63) is 0 Å². The minimum absolute atomic E-state index is 1.16. The first-order chi connectivity index (χ1) is 5.97. The van der Waals surface area contributed by atoms with Gasteiger partial charge < -0.3 is 5.32 Å². The van der Waals surface area contributed by atoms with Gasteiger partial charge in [-0.1, -0.05) is 6.42 Å². The van der Waals surface area contributed by atoms with Crippen LogP contribution < -0.4 is 5.32 Å². The Morgan fingerprint density at radius 1 is 0.667 bits per heavy atom. The Balaban J connectivity index is 1.80. The van der Waals surface area contributed by atoms with Crippen LogP contribution in [0.5, 0.6) is 0 Å². The highest BCUT2D eigenvalue weighted by Gasteiger charge is 2.18. The van der Waals surface area contributed by atoms with Crippen LogP contribution in [-0.2, 0) is 0 Å². The van der Waals surface area contributed by atoms with Crippen molar-refractivity contribution in [1.82, 2.24) is 15.3 Å². The van der Waals surface area contributed by atoms with Crippen LogP contribution in [0.15, 0.2) is 0 Å². The summed E-state index contributed by atoms with van der Waals surface area (Å²) in [6.07, 6.45) is 4.22. The maximum absolute atomic E-state index is 3.39. The second-order valence-electron chi connectivity index (χ2n) is 3.72. The van der Waals surface area contributed by atoms with Gasteiger partial charge in [0.25, 0.3) is 0 Å². The molecule has 12 heavy (non-hydrogen) atoms. The standard InChI is InChI=1S/C9H19N3/c1-2-6-11(7-3-1)12-8-4-10-5-9-12/h10H,1-9H2. The van der Waals surface area contributed by atoms with Crippen LogP contribution in [0.25, 0.3) is 0 Å². The molecule has 0 aliphatic carbocycles. The predicted octanol–water partition coefficient (Wildman–Crippen LogP) is 0.293. The molecule has 0 bridgehead atoms. The van der Waals surface area contributed by atoms with Crippen molar-refractivity contribution in [2.24, 2.45) is 0 Å². The molecule has 1 N–H and O–H groups in total. The van der Waals surface area contributed by atoms with Crippen molar-refractivity contribution in [2.75, 3.05) is 39.3 Å². The summed E-state index contributed by atoms with van der Waals surface area (Å²) in [5.41, 5.74) is 0. The Kier molecular flexibility index (Phi) is 2.98. The van der Waals surface area contributed by atoms with E-state index < -0.39 is 0 Å². The molecule has 0 radical (unpaired) electrons. The van der Waals surface area contributed by atoms with Crippen molar-refractivity contribution in [1.29, 1.82) is 0 Å². The highest BCUT2D eigenvalue weighted by Crippen LogP contribution is 2.11. The molecule has 2 heterocycles. The Morgan fingerprint density at radius 2 is 1.25 bits per heavy atom. The molecule has 70 valence electrons. The second-order valence-corrected chi connectivity index (χ2v) is 3.72. The van der Waals surface area contributed by atoms with E-state index in [-0.39, 0.29) is 0 Å². The van der Waals surface area contributed by atoms with Crippen LogP contribution in [0.1, 0.15) is 19.3 Å². The summed E-state index contributed by atoms with van der Waals surface area (Å²) >= 11 is 0. The van der Waals surface area contributed by atoms with E-state index in [0.29, 0.717) is 0 Å². The third-order valence-electron chi connectivity index (χ3n) is 2.83. The summed E-state index contributed by atoms with van der Waals surface area (Å²) in [5, 5.41) is 8.45. The fourth-order valence-corrected chi connectivity index (χ4v) is 2.10. The topological polar surface area (TPSA) is 18.5 Å². The quantitative estimate of drug-likeness (QED) is 0.609. The third-order valence-corrected chi connectivity index (χ3v) is 2.83. The lowest BCUT2D eigenvalue weighted by Gasteiger charge is -2.39. The van der Waals surface area contributed by atoms with Gasteiger partial charge in [0.2, 0.25) is 0 Å². The molecule has 0 spiro atoms. The molecule has 2 aliphatic rings. The van der Waals surface area contributed by atoms with E-state index in [9.17, 15) is 0 Å². The molecule has 0 aromatic rings. The molecular weight excluding hydrogens is 150 g/mol. The molecule has 0 amide bonds. The van der Waals surface area contributed by atoms with Crippen LogP contribution in [0.4, 0.5) is 0 Å². The van der Waals surface area contributed by atoms with Crippen molar-refractivity contribution >= 4 is 0 Å². The molecule has 3 nitrogen and oxygen atoms in total. The molecule has 0 saturated carbocycles. The van der Waals surface area contributed by atoms with Gasteiger partial charge in [0, 0.05) is 39.3 Å². The van der Waals surface area contributed by atoms with Crippen LogP contribution in [0, 0.1) is 0 Å². The zero-order valence-corrected chi connectivity index (χ0v) is 7.76. The molecule has 2 rings (SSSR count). The number of nitrogens with zero attached hydrogens (tertiary/aromatic N) is 2. The molecule has 0 unspecified atom stereocenters. The lowest BCUT2D eigenvalue weighted by atomic mass is 10.2. The summed E-state index contributed by atoms with van der Waals surface area (Å²) in [7, 11) is 0. The predicted molar refractivity (Wildman–Crippen MR) is 49.9 cm³/mol. The van der Waals surface area contributed by atoms with Gasteiger partial charge in [0.1, 0.15) is 0 Å². The molecular formula is C9H19N3. The second kappa shape index (κ2) is 4.21. The lowest BCUT2D eigenvalue weighted by Crippen LogP contribution is -2.53. The fraction of sp³-hybridized carbons (Fsp3) is 1.00. The molecule has 0 atom stereocenters. The zero-order chi connectivity index (χ0) is 8.23. The van der Waals surface area contributed by atoms with Gasteiger partial charge in [0.15, 0.2) is 0 Å². The Morgan fingerprint density at radius 3 is 1.92 bits per heavy atom. The van der Waals surface area contributed by atoms with Crippen LogP contribution >= 0.6 is 0 Å². The minimum atomic E-state index is 1.16. The number of piperazine rings is 1. The number of hydrogen-bond donors (Lipinski definition) is 1. The first-order valence-electron chi connectivity index (χ1n) is 5.17. The average Bonchev–Trinajstić information content (AvgIpc) is 2.21. The van der Waals surface area contributed by atoms with Crippen LogP contribution in [0.3, 0.4) is 0 Å². The van der Waals surface area contributed by atoms with Gasteiger partial charge in [-0.3, -0.25) is 0 Å². The molecule has 0 aromatic heterocycles. The number of nitrogens with one attached hydrogen (secondary N) is 1. The van der Waals surface area contributed by atoms with Crippen LogP contribution in [-0.4, -0.2) is 49.3 Å². The lowest BCUT2D eigenvalue weighted by molar-refractivity contribution is -0.0468. The Hall–Kier alpha value is -0.120. The minimum Gasteiger partial charge on any atom is -0.314 e. The number of hydrazine groups is 1. The van der Waals surface area contributed by atoms with Crippen LogP contribution in [0.2, 0.25) is 0 Å². The Labute approximate surface area is 74.7 Å². The fourth-order valence-electron chi connectivity index (χ4n) is 2.10. The van der Waals surface area contributed by atoms with Gasteiger partial charge in [0.05, 0.1) is 0 Å². The SMILES string of the molecule is C1CCN(N2CCNCC2)CC1. The van der Waals surface area contributed by atoms with Gasteiger partial charge in [-0.05, 0) is 12.8 Å². The summed E-state index contributed by atoms with van der Waals surface area (Å²) in [6, 6.07) is 0. The van der Waals surface area contributed by atoms with Gasteiger partial charge in [-0.2, -0.15) is 0 Å². The summed E-state index contributed by atoms with van der Waals surface area (Å²) in [6.45, 7) is 7.33. The normalized spacial score (nSPS) is 29.0. The Bertz CT molecular complexity index is 110. The van der Waals surface area contributed by atoms with Crippen molar-refractivity contribution in [3.8, 4) is 0 Å². The maximum Gasteiger partial charge on any atom is 0.0259 e. The number of piperidine rings is 1. The smallest absolute Gasteiger partial charge is 0.0259 e. The van der Waals surface area contributed by atoms with E-state index in [1.54, 1.807) is 0 Å². The van der Waals surface area contributed by atoms with Gasteiger partial charge in [-0.15, -0.1) is 0 Å². The highest BCUT2D eigenvalue weighted by atomic mass is 15.6. The van der Waals surface area contributed by atoms with Crippen molar-refractivity contribution < 1.29 is 0 Å². The molecule has 2 aliphatic heterocycles. The number of rotatable bonds is 1. The first kappa shape index (κ1) is 8.48. The molecule has 2 fully saturated rings. The largest absolute Gasteiger partial charge is 0.314 e.